The Hall–Kier alpha value is -2.56. The van der Waals surface area contributed by atoms with Gasteiger partial charge in [-0.25, -0.2) is 4.98 Å². The number of anilines is 1. The van der Waals surface area contributed by atoms with Crippen molar-refractivity contribution in [2.24, 2.45) is 0 Å². The first kappa shape index (κ1) is 9.65. The van der Waals surface area contributed by atoms with E-state index in [0.29, 0.717) is 5.82 Å². The largest absolute Gasteiger partial charge is 0.464 e. The number of benzene rings is 1. The number of para-hydroxylation sites is 1. The van der Waals surface area contributed by atoms with Crippen LogP contribution >= 0.6 is 0 Å². The maximum absolute atomic E-state index is 11.3. The van der Waals surface area contributed by atoms with E-state index in [1.54, 1.807) is 6.26 Å². The molecule has 3 rings (SSSR count). The number of nitrogen functional groups attached to an aromatic ring is 1. The molecule has 5 heteroatoms. The van der Waals surface area contributed by atoms with Crippen LogP contribution in [0, 0.1) is 0 Å². The minimum atomic E-state index is -0.280. The third-order valence-electron chi connectivity index (χ3n) is 2.50. The fourth-order valence-electron chi connectivity index (χ4n) is 1.77. The Morgan fingerprint density at radius 1 is 1.29 bits per heavy atom. The summed E-state index contributed by atoms with van der Waals surface area (Å²) in [6.45, 7) is 0. The number of nitrogens with one attached hydrogen (secondary N) is 1. The number of aromatic nitrogens is 2. The monoisotopic (exact) mass is 227 g/mol. The predicted octanol–water partition coefficient (Wildman–Crippen LogP) is 1.77. The minimum Gasteiger partial charge on any atom is -0.464 e. The summed E-state index contributed by atoms with van der Waals surface area (Å²) in [5.41, 5.74) is 6.74. The molecule has 1 aromatic carbocycles. The van der Waals surface area contributed by atoms with Crippen molar-refractivity contribution in [3.05, 3.63) is 46.9 Å². The summed E-state index contributed by atoms with van der Waals surface area (Å²) < 4.78 is 5.38. The van der Waals surface area contributed by atoms with E-state index in [9.17, 15) is 4.79 Å². The summed E-state index contributed by atoms with van der Waals surface area (Å²) >= 11 is 0. The van der Waals surface area contributed by atoms with Crippen LogP contribution in [-0.4, -0.2) is 9.97 Å². The lowest BCUT2D eigenvalue weighted by Gasteiger charge is -1.98. The lowest BCUT2D eigenvalue weighted by Crippen LogP contribution is -2.09. The molecule has 0 saturated carbocycles. The summed E-state index contributed by atoms with van der Waals surface area (Å²) in [6, 6.07) is 8.77. The van der Waals surface area contributed by atoms with Gasteiger partial charge in [-0.05, 0) is 6.07 Å². The molecular formula is C12H9N3O2. The Balaban J connectivity index is 2.30. The first-order chi connectivity index (χ1) is 8.24. The molecule has 5 nitrogen and oxygen atoms in total. The van der Waals surface area contributed by atoms with Gasteiger partial charge >= 0.3 is 0 Å². The average Bonchev–Trinajstić information content (AvgIpc) is 2.71. The highest BCUT2D eigenvalue weighted by Gasteiger charge is 2.10. The first-order valence-electron chi connectivity index (χ1n) is 5.07. The van der Waals surface area contributed by atoms with Gasteiger partial charge < -0.3 is 15.1 Å². The molecule has 3 aromatic rings. The molecule has 0 atom stereocenters. The molecule has 0 radical (unpaired) electrons. The fourth-order valence-corrected chi connectivity index (χ4v) is 1.77. The fraction of sp³-hybridized carbons (Fsp3) is 0. The predicted molar refractivity (Wildman–Crippen MR) is 64.5 cm³/mol. The Morgan fingerprint density at radius 3 is 2.94 bits per heavy atom. The van der Waals surface area contributed by atoms with Crippen molar-refractivity contribution >= 4 is 16.8 Å². The van der Waals surface area contributed by atoms with E-state index in [2.05, 4.69) is 9.97 Å². The van der Waals surface area contributed by atoms with Crippen LogP contribution in [-0.2, 0) is 0 Å². The van der Waals surface area contributed by atoms with Crippen LogP contribution in [0.4, 0.5) is 5.82 Å². The highest BCUT2D eigenvalue weighted by Crippen LogP contribution is 2.27. The van der Waals surface area contributed by atoms with Crippen LogP contribution in [0.3, 0.4) is 0 Å². The number of furan rings is 1. The van der Waals surface area contributed by atoms with Gasteiger partial charge in [0.25, 0.3) is 5.56 Å². The first-order valence-corrected chi connectivity index (χ1v) is 5.07. The van der Waals surface area contributed by atoms with Gasteiger partial charge in [-0.1, -0.05) is 18.2 Å². The smallest absolute Gasteiger partial charge is 0.253 e. The molecule has 0 aliphatic carbocycles. The van der Waals surface area contributed by atoms with Crippen molar-refractivity contribution in [3.8, 4) is 11.4 Å². The molecule has 3 N–H and O–H groups in total. The van der Waals surface area contributed by atoms with E-state index >= 15 is 0 Å². The molecule has 0 unspecified atom stereocenters. The summed E-state index contributed by atoms with van der Waals surface area (Å²) in [7, 11) is 0. The highest BCUT2D eigenvalue weighted by molar-refractivity contribution is 5.91. The van der Waals surface area contributed by atoms with Crippen molar-refractivity contribution in [2.75, 3.05) is 5.73 Å². The Kier molecular flexibility index (Phi) is 1.98. The topological polar surface area (TPSA) is 84.9 Å². The normalized spacial score (nSPS) is 10.8. The zero-order chi connectivity index (χ0) is 11.8. The minimum absolute atomic E-state index is 0.189. The number of hydrogen-bond donors (Lipinski definition) is 2. The molecule has 0 amide bonds. The van der Waals surface area contributed by atoms with Gasteiger partial charge in [0.15, 0.2) is 0 Å². The molecule has 0 aliphatic rings. The highest BCUT2D eigenvalue weighted by atomic mass is 16.3. The van der Waals surface area contributed by atoms with Crippen LogP contribution < -0.4 is 11.3 Å². The van der Waals surface area contributed by atoms with Crippen molar-refractivity contribution in [2.45, 2.75) is 0 Å². The summed E-state index contributed by atoms with van der Waals surface area (Å²) in [5.74, 6) is 0.606. The Labute approximate surface area is 95.9 Å². The van der Waals surface area contributed by atoms with Gasteiger partial charge in [0.1, 0.15) is 23.5 Å². The maximum atomic E-state index is 11.3. The Morgan fingerprint density at radius 2 is 2.12 bits per heavy atom. The number of hydrogen-bond acceptors (Lipinski definition) is 4. The average molecular weight is 227 g/mol. The number of rotatable bonds is 1. The van der Waals surface area contributed by atoms with Crippen molar-refractivity contribution < 1.29 is 4.42 Å². The van der Waals surface area contributed by atoms with E-state index in [0.717, 1.165) is 16.5 Å². The van der Waals surface area contributed by atoms with Crippen molar-refractivity contribution in [1.82, 2.24) is 9.97 Å². The van der Waals surface area contributed by atoms with Crippen LogP contribution in [0.15, 0.2) is 45.8 Å². The molecule has 84 valence electrons. The van der Waals surface area contributed by atoms with Gasteiger partial charge in [0.2, 0.25) is 0 Å². The van der Waals surface area contributed by atoms with Gasteiger partial charge in [-0.2, -0.15) is 0 Å². The standard InChI is InChI=1S/C12H9N3O2/c13-10-5-11(16)15-12(14-10)8-6-17-9-4-2-1-3-7(8)9/h1-6H,(H3,13,14,15,16). The van der Waals surface area contributed by atoms with Crippen molar-refractivity contribution in [1.29, 1.82) is 0 Å². The second-order valence-corrected chi connectivity index (χ2v) is 3.66. The number of fused-ring (bicyclic) bond motifs is 1. The number of nitrogens with zero attached hydrogens (tertiary/aromatic N) is 1. The van der Waals surface area contributed by atoms with E-state index in [1.165, 1.54) is 6.07 Å². The zero-order valence-corrected chi connectivity index (χ0v) is 8.81. The van der Waals surface area contributed by atoms with Crippen LogP contribution in [0.1, 0.15) is 0 Å². The third kappa shape index (κ3) is 1.57. The molecule has 0 aliphatic heterocycles. The van der Waals surface area contributed by atoms with Gasteiger partial charge in [0.05, 0.1) is 5.56 Å². The molecule has 17 heavy (non-hydrogen) atoms. The van der Waals surface area contributed by atoms with Gasteiger partial charge in [-0.3, -0.25) is 4.79 Å². The summed E-state index contributed by atoms with van der Waals surface area (Å²) in [5, 5.41) is 0.890. The molecule has 0 bridgehead atoms. The zero-order valence-electron chi connectivity index (χ0n) is 8.81. The second kappa shape index (κ2) is 3.48. The summed E-state index contributed by atoms with van der Waals surface area (Å²) in [4.78, 5) is 18.1. The lowest BCUT2D eigenvalue weighted by atomic mass is 10.1. The van der Waals surface area contributed by atoms with Gasteiger partial charge in [-0.15, -0.1) is 0 Å². The molecule has 0 saturated heterocycles. The van der Waals surface area contributed by atoms with Gasteiger partial charge in [0, 0.05) is 11.5 Å². The SMILES string of the molecule is Nc1cc(=O)[nH]c(-c2coc3ccccc23)n1. The van der Waals surface area contributed by atoms with Crippen molar-refractivity contribution in [3.63, 3.8) is 0 Å². The number of H-pyrrole nitrogens is 1. The summed E-state index contributed by atoms with van der Waals surface area (Å²) in [6.07, 6.45) is 1.56. The van der Waals surface area contributed by atoms with E-state index < -0.39 is 0 Å². The Bertz CT molecular complexity index is 743. The number of aromatic amines is 1. The van der Waals surface area contributed by atoms with Crippen LogP contribution in [0.5, 0.6) is 0 Å². The van der Waals surface area contributed by atoms with Crippen LogP contribution in [0.2, 0.25) is 0 Å². The molecule has 0 fully saturated rings. The van der Waals surface area contributed by atoms with E-state index in [-0.39, 0.29) is 11.4 Å². The molecule has 2 heterocycles. The second-order valence-electron chi connectivity index (χ2n) is 3.66. The van der Waals surface area contributed by atoms with E-state index in [1.807, 2.05) is 24.3 Å². The lowest BCUT2D eigenvalue weighted by molar-refractivity contribution is 0.616. The number of nitrogens with two attached hydrogens (primary N) is 1. The third-order valence-corrected chi connectivity index (χ3v) is 2.50. The van der Waals surface area contributed by atoms with E-state index in [4.69, 9.17) is 10.2 Å². The molecule has 2 aromatic heterocycles. The molecule has 0 spiro atoms. The quantitative estimate of drug-likeness (QED) is 0.663. The molecular weight excluding hydrogens is 218 g/mol. The van der Waals surface area contributed by atoms with Crippen LogP contribution in [0.25, 0.3) is 22.4 Å². The maximum Gasteiger partial charge on any atom is 0.253 e.